The van der Waals surface area contributed by atoms with Gasteiger partial charge in [-0.25, -0.2) is 8.42 Å². The van der Waals surface area contributed by atoms with Crippen LogP contribution in [0.25, 0.3) is 10.8 Å². The molecule has 2 aromatic rings. The number of rotatable bonds is 4. The summed E-state index contributed by atoms with van der Waals surface area (Å²) in [6.07, 6.45) is 4.43. The van der Waals surface area contributed by atoms with Gasteiger partial charge in [-0.3, -0.25) is 14.5 Å². The number of carbonyl (C=O) groups excluding carboxylic acids is 2. The minimum Gasteiger partial charge on any atom is -0.334 e. The summed E-state index contributed by atoms with van der Waals surface area (Å²) in [5.74, 6) is -0.117. The predicted molar refractivity (Wildman–Crippen MR) is 112 cm³/mol. The quantitative estimate of drug-likeness (QED) is 0.774. The van der Waals surface area contributed by atoms with Crippen molar-refractivity contribution < 1.29 is 18.0 Å². The highest BCUT2D eigenvalue weighted by molar-refractivity contribution is 7.91. The lowest BCUT2D eigenvalue weighted by atomic mass is 10.1. The Kier molecular flexibility index (Phi) is 4.38. The molecule has 2 amide bonds. The standard InChI is InChI=1S/C22H24N2O4S/c25-20(24(16-7-1-2-8-16)17-11-12-29(27,28)14-17)13-23-19-10-4-6-15-5-3-9-18(21(15)19)22(23)26/h3-6,9-10,16-17H,1-2,7-8,11-14H2. The van der Waals surface area contributed by atoms with E-state index in [2.05, 4.69) is 0 Å². The molecule has 0 bridgehead atoms. The molecule has 0 N–H and O–H groups in total. The third-order valence-electron chi connectivity index (χ3n) is 6.55. The Morgan fingerprint density at radius 3 is 2.45 bits per heavy atom. The summed E-state index contributed by atoms with van der Waals surface area (Å²) in [7, 11) is -3.09. The average Bonchev–Trinajstić information content (AvgIpc) is 3.40. The van der Waals surface area contributed by atoms with Crippen LogP contribution in [0.2, 0.25) is 0 Å². The van der Waals surface area contributed by atoms with Gasteiger partial charge in [-0.2, -0.15) is 0 Å². The van der Waals surface area contributed by atoms with Crippen molar-refractivity contribution in [3.63, 3.8) is 0 Å². The van der Waals surface area contributed by atoms with E-state index in [9.17, 15) is 18.0 Å². The van der Waals surface area contributed by atoms with Crippen LogP contribution >= 0.6 is 0 Å². The van der Waals surface area contributed by atoms with Gasteiger partial charge in [0, 0.05) is 23.0 Å². The number of anilines is 1. The van der Waals surface area contributed by atoms with Crippen LogP contribution in [0.5, 0.6) is 0 Å². The lowest BCUT2D eigenvalue weighted by molar-refractivity contribution is -0.134. The van der Waals surface area contributed by atoms with Crippen molar-refractivity contribution >= 4 is 38.1 Å². The Hall–Kier alpha value is -2.41. The minimum absolute atomic E-state index is 0.0407. The molecular formula is C22H24N2O4S. The van der Waals surface area contributed by atoms with Gasteiger partial charge in [0.2, 0.25) is 5.91 Å². The van der Waals surface area contributed by atoms with Crippen molar-refractivity contribution in [3.8, 4) is 0 Å². The molecule has 29 heavy (non-hydrogen) atoms. The topological polar surface area (TPSA) is 74.8 Å². The Labute approximate surface area is 170 Å². The molecule has 7 heteroatoms. The number of carbonyl (C=O) groups is 2. The lowest BCUT2D eigenvalue weighted by Crippen LogP contribution is -2.51. The van der Waals surface area contributed by atoms with Crippen LogP contribution < -0.4 is 4.90 Å². The van der Waals surface area contributed by atoms with E-state index in [4.69, 9.17) is 0 Å². The van der Waals surface area contributed by atoms with Crippen LogP contribution in [0, 0.1) is 0 Å². The molecule has 1 aliphatic carbocycles. The molecule has 1 unspecified atom stereocenters. The van der Waals surface area contributed by atoms with Crippen LogP contribution in [0.1, 0.15) is 42.5 Å². The van der Waals surface area contributed by atoms with Gasteiger partial charge in [0.05, 0.1) is 17.2 Å². The molecular weight excluding hydrogens is 388 g/mol. The molecule has 2 aromatic carbocycles. The molecule has 6 nitrogen and oxygen atoms in total. The number of hydrogen-bond acceptors (Lipinski definition) is 4. The fourth-order valence-electron chi connectivity index (χ4n) is 5.24. The van der Waals surface area contributed by atoms with E-state index in [0.717, 1.165) is 42.1 Å². The molecule has 2 aliphatic heterocycles. The summed E-state index contributed by atoms with van der Waals surface area (Å²) in [6, 6.07) is 11.2. The van der Waals surface area contributed by atoms with Crippen molar-refractivity contribution in [2.24, 2.45) is 0 Å². The van der Waals surface area contributed by atoms with Gasteiger partial charge in [-0.1, -0.05) is 37.1 Å². The fourth-order valence-corrected chi connectivity index (χ4v) is 6.95. The Morgan fingerprint density at radius 2 is 1.76 bits per heavy atom. The zero-order valence-electron chi connectivity index (χ0n) is 16.2. The normalized spacial score (nSPS) is 23.2. The second-order valence-electron chi connectivity index (χ2n) is 8.37. The maximum absolute atomic E-state index is 13.4. The van der Waals surface area contributed by atoms with Gasteiger partial charge in [0.15, 0.2) is 9.84 Å². The second-order valence-corrected chi connectivity index (χ2v) is 10.6. The zero-order chi connectivity index (χ0) is 20.2. The smallest absolute Gasteiger partial charge is 0.259 e. The van der Waals surface area contributed by atoms with Gasteiger partial charge in [0.25, 0.3) is 5.91 Å². The monoisotopic (exact) mass is 412 g/mol. The second kappa shape index (κ2) is 6.83. The van der Waals surface area contributed by atoms with Gasteiger partial charge in [-0.05, 0) is 36.8 Å². The maximum Gasteiger partial charge on any atom is 0.259 e. The number of amides is 2. The van der Waals surface area contributed by atoms with E-state index in [-0.39, 0.29) is 41.9 Å². The van der Waals surface area contributed by atoms with Crippen LogP contribution in [-0.2, 0) is 14.6 Å². The lowest BCUT2D eigenvalue weighted by Gasteiger charge is -2.35. The molecule has 2 heterocycles. The van der Waals surface area contributed by atoms with Gasteiger partial charge in [0.1, 0.15) is 6.54 Å². The first kappa shape index (κ1) is 18.6. The molecule has 3 aliphatic rings. The molecule has 152 valence electrons. The first-order chi connectivity index (χ1) is 13.9. The molecule has 0 aromatic heterocycles. The van der Waals surface area contributed by atoms with Gasteiger partial charge in [-0.15, -0.1) is 0 Å². The van der Waals surface area contributed by atoms with E-state index in [0.29, 0.717) is 12.0 Å². The predicted octanol–water partition coefficient (Wildman–Crippen LogP) is 2.76. The van der Waals surface area contributed by atoms with Crippen molar-refractivity contribution in [3.05, 3.63) is 42.0 Å². The summed E-state index contributed by atoms with van der Waals surface area (Å²) in [5, 5.41) is 1.88. The van der Waals surface area contributed by atoms with E-state index >= 15 is 0 Å². The van der Waals surface area contributed by atoms with Crippen LogP contribution in [0.3, 0.4) is 0 Å². The van der Waals surface area contributed by atoms with E-state index in [1.807, 2.05) is 35.2 Å². The molecule has 1 saturated heterocycles. The largest absolute Gasteiger partial charge is 0.334 e. The van der Waals surface area contributed by atoms with Crippen molar-refractivity contribution in [1.82, 2.24) is 4.90 Å². The SMILES string of the molecule is O=C1c2cccc3cccc(c23)N1CC(=O)N(C1CCCC1)C1CCS(=O)(=O)C1. The highest BCUT2D eigenvalue weighted by Gasteiger charge is 2.40. The maximum atomic E-state index is 13.4. The van der Waals surface area contributed by atoms with Crippen LogP contribution in [0.15, 0.2) is 36.4 Å². The highest BCUT2D eigenvalue weighted by Crippen LogP contribution is 2.37. The number of nitrogens with zero attached hydrogens (tertiary/aromatic N) is 2. The van der Waals surface area contributed by atoms with E-state index in [1.165, 1.54) is 0 Å². The molecule has 2 fully saturated rings. The molecule has 5 rings (SSSR count). The molecule has 0 spiro atoms. The van der Waals surface area contributed by atoms with Crippen molar-refractivity contribution in [2.75, 3.05) is 23.0 Å². The third-order valence-corrected chi connectivity index (χ3v) is 8.30. The Morgan fingerprint density at radius 1 is 1.03 bits per heavy atom. The first-order valence-corrected chi connectivity index (χ1v) is 12.1. The first-order valence-electron chi connectivity index (χ1n) is 10.3. The summed E-state index contributed by atoms with van der Waals surface area (Å²) in [5.41, 5.74) is 1.39. The zero-order valence-corrected chi connectivity index (χ0v) is 17.0. The van der Waals surface area contributed by atoms with E-state index in [1.54, 1.807) is 11.0 Å². The van der Waals surface area contributed by atoms with Crippen molar-refractivity contribution in [1.29, 1.82) is 0 Å². The average molecular weight is 413 g/mol. The fraction of sp³-hybridized carbons (Fsp3) is 0.455. The van der Waals surface area contributed by atoms with Gasteiger partial charge >= 0.3 is 0 Å². The highest BCUT2D eigenvalue weighted by atomic mass is 32.2. The number of sulfone groups is 1. The third kappa shape index (κ3) is 3.12. The molecule has 1 atom stereocenters. The van der Waals surface area contributed by atoms with E-state index < -0.39 is 9.84 Å². The molecule has 1 saturated carbocycles. The number of benzene rings is 2. The van der Waals surface area contributed by atoms with Gasteiger partial charge < -0.3 is 4.90 Å². The van der Waals surface area contributed by atoms with Crippen LogP contribution in [0.4, 0.5) is 5.69 Å². The minimum atomic E-state index is -3.09. The van der Waals surface area contributed by atoms with Crippen LogP contribution in [-0.4, -0.2) is 55.3 Å². The Bertz CT molecular complexity index is 1100. The van der Waals surface area contributed by atoms with Crippen molar-refractivity contribution in [2.45, 2.75) is 44.2 Å². The summed E-state index contributed by atoms with van der Waals surface area (Å²) >= 11 is 0. The molecule has 0 radical (unpaired) electrons. The summed E-state index contributed by atoms with van der Waals surface area (Å²) in [4.78, 5) is 29.9. The summed E-state index contributed by atoms with van der Waals surface area (Å²) in [6.45, 7) is -0.0420. The Balaban J connectivity index is 1.45. The summed E-state index contributed by atoms with van der Waals surface area (Å²) < 4.78 is 24.1. The number of hydrogen-bond donors (Lipinski definition) is 0.